The summed E-state index contributed by atoms with van der Waals surface area (Å²) in [6.07, 6.45) is 1.44. The van der Waals surface area contributed by atoms with Gasteiger partial charge < -0.3 is 15.4 Å². The van der Waals surface area contributed by atoms with Gasteiger partial charge in [0.25, 0.3) is 5.91 Å². The highest BCUT2D eigenvalue weighted by Crippen LogP contribution is 2.10. The molecule has 1 aromatic carbocycles. The van der Waals surface area contributed by atoms with Crippen LogP contribution in [0.5, 0.6) is 0 Å². The van der Waals surface area contributed by atoms with E-state index < -0.39 is 0 Å². The van der Waals surface area contributed by atoms with Crippen LogP contribution < -0.4 is 10.6 Å². The van der Waals surface area contributed by atoms with Gasteiger partial charge in [-0.1, -0.05) is 23.7 Å². The maximum absolute atomic E-state index is 12.0. The molecule has 2 rings (SSSR count). The third-order valence-corrected chi connectivity index (χ3v) is 3.86. The van der Waals surface area contributed by atoms with E-state index in [0.717, 1.165) is 38.4 Å². The van der Waals surface area contributed by atoms with Gasteiger partial charge in [-0.3, -0.25) is 9.69 Å². The molecule has 1 aromatic rings. The Labute approximate surface area is 147 Å². The molecular formula is C17H21ClN4O2. The quantitative estimate of drug-likeness (QED) is 0.573. The molecular weight excluding hydrogens is 328 g/mol. The predicted octanol–water partition coefficient (Wildman–Crippen LogP) is 1.29. The summed E-state index contributed by atoms with van der Waals surface area (Å²) in [6.45, 7) is 4.95. The van der Waals surface area contributed by atoms with E-state index in [1.165, 1.54) is 6.20 Å². The van der Waals surface area contributed by atoms with Crippen molar-refractivity contribution in [3.63, 3.8) is 0 Å². The van der Waals surface area contributed by atoms with Crippen molar-refractivity contribution in [1.82, 2.24) is 15.5 Å². The van der Waals surface area contributed by atoms with Crippen LogP contribution in [0, 0.1) is 11.3 Å². The van der Waals surface area contributed by atoms with Gasteiger partial charge in [0.2, 0.25) is 0 Å². The highest BCUT2D eigenvalue weighted by molar-refractivity contribution is 6.30. The number of nitriles is 1. The molecule has 0 spiro atoms. The molecule has 1 saturated heterocycles. The minimum atomic E-state index is -0.371. The Balaban J connectivity index is 1.74. The average molecular weight is 349 g/mol. The second-order valence-corrected chi connectivity index (χ2v) is 5.83. The predicted molar refractivity (Wildman–Crippen MR) is 92.3 cm³/mol. The van der Waals surface area contributed by atoms with Gasteiger partial charge in [-0.05, 0) is 17.7 Å². The fourth-order valence-electron chi connectivity index (χ4n) is 2.31. The van der Waals surface area contributed by atoms with Crippen LogP contribution in [0.1, 0.15) is 5.56 Å². The topological polar surface area (TPSA) is 77.4 Å². The molecule has 128 valence electrons. The fourth-order valence-corrected chi connectivity index (χ4v) is 2.53. The number of hydrogen-bond acceptors (Lipinski definition) is 5. The highest BCUT2D eigenvalue weighted by Gasteiger charge is 2.12. The first kappa shape index (κ1) is 18.3. The number of carbonyl (C=O) groups excluding carboxylic acids is 1. The zero-order chi connectivity index (χ0) is 17.2. The number of benzene rings is 1. The van der Waals surface area contributed by atoms with Crippen molar-refractivity contribution in [2.24, 2.45) is 0 Å². The smallest absolute Gasteiger partial charge is 0.263 e. The summed E-state index contributed by atoms with van der Waals surface area (Å²) in [5, 5.41) is 15.5. The van der Waals surface area contributed by atoms with Crippen LogP contribution in [-0.2, 0) is 16.1 Å². The van der Waals surface area contributed by atoms with Crippen LogP contribution in [0.25, 0.3) is 0 Å². The van der Waals surface area contributed by atoms with Gasteiger partial charge in [0.05, 0.1) is 13.2 Å². The molecule has 1 fully saturated rings. The van der Waals surface area contributed by atoms with Gasteiger partial charge in [0.1, 0.15) is 11.6 Å². The Hall–Kier alpha value is -2.07. The summed E-state index contributed by atoms with van der Waals surface area (Å²) in [7, 11) is 0. The molecule has 0 unspecified atom stereocenters. The van der Waals surface area contributed by atoms with Crippen LogP contribution in [0.15, 0.2) is 36.0 Å². The van der Waals surface area contributed by atoms with Crippen LogP contribution >= 0.6 is 11.6 Å². The second-order valence-electron chi connectivity index (χ2n) is 5.39. The summed E-state index contributed by atoms with van der Waals surface area (Å²) in [5.41, 5.74) is 1.03. The molecule has 1 amide bonds. The lowest BCUT2D eigenvalue weighted by atomic mass is 10.2. The van der Waals surface area contributed by atoms with Gasteiger partial charge in [0, 0.05) is 43.9 Å². The van der Waals surface area contributed by atoms with E-state index in [1.54, 1.807) is 6.07 Å². The minimum absolute atomic E-state index is 0.0546. The zero-order valence-corrected chi connectivity index (χ0v) is 14.2. The lowest BCUT2D eigenvalue weighted by molar-refractivity contribution is -0.117. The third-order valence-electron chi connectivity index (χ3n) is 3.62. The molecule has 0 aromatic heterocycles. The number of nitrogens with one attached hydrogen (secondary N) is 2. The number of ether oxygens (including phenoxy) is 1. The van der Waals surface area contributed by atoms with Crippen LogP contribution in [-0.4, -0.2) is 50.2 Å². The Morgan fingerprint density at radius 2 is 2.21 bits per heavy atom. The maximum Gasteiger partial charge on any atom is 0.263 e. The lowest BCUT2D eigenvalue weighted by Crippen LogP contribution is -2.41. The zero-order valence-electron chi connectivity index (χ0n) is 13.4. The molecule has 1 aliphatic rings. The minimum Gasteiger partial charge on any atom is -0.386 e. The second kappa shape index (κ2) is 9.93. The van der Waals surface area contributed by atoms with Crippen molar-refractivity contribution in [3.05, 3.63) is 46.6 Å². The molecule has 7 heteroatoms. The van der Waals surface area contributed by atoms with E-state index in [9.17, 15) is 4.79 Å². The first-order chi connectivity index (χ1) is 11.7. The Kier molecular flexibility index (Phi) is 7.56. The summed E-state index contributed by atoms with van der Waals surface area (Å²) >= 11 is 5.91. The Bertz CT molecular complexity index is 621. The van der Waals surface area contributed by atoms with Crippen molar-refractivity contribution in [2.75, 3.05) is 39.4 Å². The first-order valence-corrected chi connectivity index (χ1v) is 8.23. The largest absolute Gasteiger partial charge is 0.386 e. The molecule has 0 bridgehead atoms. The summed E-state index contributed by atoms with van der Waals surface area (Å²) in [5.74, 6) is -0.371. The van der Waals surface area contributed by atoms with Gasteiger partial charge in [-0.15, -0.1) is 0 Å². The van der Waals surface area contributed by atoms with E-state index in [2.05, 4.69) is 15.5 Å². The van der Waals surface area contributed by atoms with Gasteiger partial charge in [-0.2, -0.15) is 5.26 Å². The number of hydrogen-bond donors (Lipinski definition) is 2. The molecule has 6 nitrogen and oxygen atoms in total. The molecule has 0 saturated carbocycles. The third kappa shape index (κ3) is 6.20. The van der Waals surface area contributed by atoms with Gasteiger partial charge in [0.15, 0.2) is 0 Å². The van der Waals surface area contributed by atoms with E-state index >= 15 is 0 Å². The van der Waals surface area contributed by atoms with Crippen LogP contribution in [0.3, 0.4) is 0 Å². The number of carbonyl (C=O) groups is 1. The Morgan fingerprint density at radius 1 is 1.42 bits per heavy atom. The fraction of sp³-hybridized carbons (Fsp3) is 0.412. The summed E-state index contributed by atoms with van der Waals surface area (Å²) < 4.78 is 5.27. The highest BCUT2D eigenvalue weighted by atomic mass is 35.5. The number of rotatable bonds is 7. The van der Waals surface area contributed by atoms with E-state index in [-0.39, 0.29) is 11.5 Å². The summed E-state index contributed by atoms with van der Waals surface area (Å²) in [6, 6.07) is 9.31. The first-order valence-electron chi connectivity index (χ1n) is 7.85. The molecule has 0 radical (unpaired) electrons. The van der Waals surface area contributed by atoms with Gasteiger partial charge >= 0.3 is 0 Å². The molecule has 2 N–H and O–H groups in total. The summed E-state index contributed by atoms with van der Waals surface area (Å²) in [4.78, 5) is 14.2. The van der Waals surface area contributed by atoms with Crippen molar-refractivity contribution in [1.29, 1.82) is 5.26 Å². The maximum atomic E-state index is 12.0. The SMILES string of the molecule is N#C/C(=C/NCc1cccc(Cl)c1)C(=O)NCCN1CCOCC1. The molecule has 0 atom stereocenters. The van der Waals surface area contributed by atoms with Crippen LogP contribution in [0.4, 0.5) is 0 Å². The number of morpholine rings is 1. The lowest BCUT2D eigenvalue weighted by Gasteiger charge is -2.26. The molecule has 1 aliphatic heterocycles. The van der Waals surface area contributed by atoms with Crippen molar-refractivity contribution >= 4 is 17.5 Å². The monoisotopic (exact) mass is 348 g/mol. The number of halogens is 1. The van der Waals surface area contributed by atoms with E-state index in [1.807, 2.05) is 24.3 Å². The number of amides is 1. The normalized spacial score (nSPS) is 15.6. The van der Waals surface area contributed by atoms with Crippen molar-refractivity contribution in [3.8, 4) is 6.07 Å². The molecule has 1 heterocycles. The van der Waals surface area contributed by atoms with E-state index in [4.69, 9.17) is 21.6 Å². The van der Waals surface area contributed by atoms with Gasteiger partial charge in [-0.25, -0.2) is 0 Å². The van der Waals surface area contributed by atoms with Crippen molar-refractivity contribution in [2.45, 2.75) is 6.54 Å². The molecule has 0 aliphatic carbocycles. The van der Waals surface area contributed by atoms with Crippen LogP contribution in [0.2, 0.25) is 5.02 Å². The Morgan fingerprint density at radius 3 is 2.92 bits per heavy atom. The van der Waals surface area contributed by atoms with Crippen molar-refractivity contribution < 1.29 is 9.53 Å². The standard InChI is InChI=1S/C17H21ClN4O2/c18-16-3-1-2-14(10-16)12-20-13-15(11-19)17(23)21-4-5-22-6-8-24-9-7-22/h1-3,10,13,20H,4-9,12H2,(H,21,23)/b15-13-. The van der Waals surface area contributed by atoms with E-state index in [0.29, 0.717) is 18.1 Å². The number of nitrogens with zero attached hydrogens (tertiary/aromatic N) is 2. The molecule has 24 heavy (non-hydrogen) atoms. The average Bonchev–Trinajstić information content (AvgIpc) is 2.59.